The first kappa shape index (κ1) is 21.3. The molecule has 0 saturated carbocycles. The molecular weight excluding hydrogens is 441 g/mol. The standard InChI is InChI=1S/C19H16Cl2F2N4OS/c1-11-5-6-15(16(9-11)28-18(22)23)24-19(29)25-17-7-8-27(26-17)10-12-13(20)3-2-4-14(12)21/h2-9,18H,10H2,1H3,(H2,24,25,26,29). The molecule has 3 aromatic rings. The Bertz CT molecular complexity index is 1010. The van der Waals surface area contributed by atoms with Crippen molar-refractivity contribution in [3.05, 3.63) is 69.8 Å². The van der Waals surface area contributed by atoms with Crippen LogP contribution in [-0.2, 0) is 6.54 Å². The van der Waals surface area contributed by atoms with Crippen LogP contribution in [0.3, 0.4) is 0 Å². The summed E-state index contributed by atoms with van der Waals surface area (Å²) in [6, 6.07) is 11.9. The van der Waals surface area contributed by atoms with E-state index in [0.29, 0.717) is 28.1 Å². The molecule has 5 nitrogen and oxygen atoms in total. The Kier molecular flexibility index (Phi) is 6.89. The maximum Gasteiger partial charge on any atom is 0.387 e. The number of benzene rings is 2. The van der Waals surface area contributed by atoms with E-state index in [1.54, 1.807) is 54.2 Å². The molecule has 3 rings (SSSR count). The zero-order valence-electron chi connectivity index (χ0n) is 15.1. The second-order valence-corrected chi connectivity index (χ2v) is 7.28. The van der Waals surface area contributed by atoms with Crippen LogP contribution in [0, 0.1) is 6.92 Å². The molecule has 0 unspecified atom stereocenters. The fraction of sp³-hybridized carbons (Fsp3) is 0.158. The average molecular weight is 457 g/mol. The molecule has 29 heavy (non-hydrogen) atoms. The van der Waals surface area contributed by atoms with Gasteiger partial charge in [0.15, 0.2) is 10.9 Å². The van der Waals surface area contributed by atoms with Gasteiger partial charge in [-0.2, -0.15) is 13.9 Å². The van der Waals surface area contributed by atoms with Crippen LogP contribution in [-0.4, -0.2) is 21.5 Å². The van der Waals surface area contributed by atoms with Gasteiger partial charge in [0, 0.05) is 27.9 Å². The zero-order chi connectivity index (χ0) is 21.0. The van der Waals surface area contributed by atoms with Gasteiger partial charge in [0.25, 0.3) is 0 Å². The maximum atomic E-state index is 12.6. The first-order valence-corrected chi connectivity index (χ1v) is 9.58. The molecular formula is C19H16Cl2F2N4OS. The van der Waals surface area contributed by atoms with Gasteiger partial charge in [-0.15, -0.1) is 0 Å². The molecule has 2 aromatic carbocycles. The van der Waals surface area contributed by atoms with Crippen LogP contribution in [0.5, 0.6) is 5.75 Å². The quantitative estimate of drug-likeness (QED) is 0.448. The molecule has 152 valence electrons. The van der Waals surface area contributed by atoms with Crippen LogP contribution in [0.1, 0.15) is 11.1 Å². The molecule has 10 heteroatoms. The lowest BCUT2D eigenvalue weighted by Gasteiger charge is -2.14. The smallest absolute Gasteiger partial charge is 0.387 e. The van der Waals surface area contributed by atoms with E-state index in [1.165, 1.54) is 6.07 Å². The molecule has 0 aliphatic carbocycles. The van der Waals surface area contributed by atoms with Gasteiger partial charge in [-0.05, 0) is 49.0 Å². The molecule has 0 saturated heterocycles. The molecule has 0 aliphatic heterocycles. The summed E-state index contributed by atoms with van der Waals surface area (Å²) in [7, 11) is 0. The van der Waals surface area contributed by atoms with E-state index in [9.17, 15) is 8.78 Å². The highest BCUT2D eigenvalue weighted by Gasteiger charge is 2.12. The molecule has 0 fully saturated rings. The van der Waals surface area contributed by atoms with Crippen LogP contribution in [0.15, 0.2) is 48.7 Å². The molecule has 0 radical (unpaired) electrons. The lowest BCUT2D eigenvalue weighted by molar-refractivity contribution is -0.0493. The van der Waals surface area contributed by atoms with Crippen molar-refractivity contribution >= 4 is 52.0 Å². The van der Waals surface area contributed by atoms with Gasteiger partial charge < -0.3 is 15.4 Å². The van der Waals surface area contributed by atoms with Crippen molar-refractivity contribution in [3.63, 3.8) is 0 Å². The Labute approximate surface area is 181 Å². The second kappa shape index (κ2) is 9.39. The fourth-order valence-electron chi connectivity index (χ4n) is 2.56. The number of hydrogen-bond donors (Lipinski definition) is 2. The minimum atomic E-state index is -2.94. The van der Waals surface area contributed by atoms with E-state index in [2.05, 4.69) is 20.5 Å². The Morgan fingerprint density at radius 2 is 1.90 bits per heavy atom. The van der Waals surface area contributed by atoms with Crippen molar-refractivity contribution in [3.8, 4) is 5.75 Å². The summed E-state index contributed by atoms with van der Waals surface area (Å²) in [5.74, 6) is 0.470. The van der Waals surface area contributed by atoms with Crippen LogP contribution in [0.4, 0.5) is 20.3 Å². The Hall–Kier alpha value is -2.42. The number of aryl methyl sites for hydroxylation is 1. The summed E-state index contributed by atoms with van der Waals surface area (Å²) >= 11 is 17.6. The van der Waals surface area contributed by atoms with Gasteiger partial charge in [-0.1, -0.05) is 35.3 Å². The average Bonchev–Trinajstić information content (AvgIpc) is 3.07. The summed E-state index contributed by atoms with van der Waals surface area (Å²) in [4.78, 5) is 0. The van der Waals surface area contributed by atoms with Crippen molar-refractivity contribution in [2.45, 2.75) is 20.1 Å². The molecule has 0 bridgehead atoms. The first-order chi connectivity index (χ1) is 13.8. The van der Waals surface area contributed by atoms with E-state index in [-0.39, 0.29) is 10.9 Å². The molecule has 0 atom stereocenters. The summed E-state index contributed by atoms with van der Waals surface area (Å²) in [5, 5.41) is 11.4. The SMILES string of the molecule is Cc1ccc(NC(=S)Nc2ccn(Cc3c(Cl)cccc3Cl)n2)c(OC(F)F)c1. The van der Waals surface area contributed by atoms with E-state index in [1.807, 2.05) is 0 Å². The fourth-order valence-corrected chi connectivity index (χ4v) is 3.29. The van der Waals surface area contributed by atoms with Crippen LogP contribution >= 0.6 is 35.4 Å². The maximum absolute atomic E-state index is 12.6. The molecule has 0 aliphatic rings. The lowest BCUT2D eigenvalue weighted by atomic mass is 10.2. The van der Waals surface area contributed by atoms with Gasteiger partial charge in [-0.25, -0.2) is 0 Å². The van der Waals surface area contributed by atoms with Gasteiger partial charge in [0.1, 0.15) is 5.75 Å². The van der Waals surface area contributed by atoms with E-state index < -0.39 is 6.61 Å². The normalized spacial score (nSPS) is 10.8. The predicted molar refractivity (Wildman–Crippen MR) is 115 cm³/mol. The van der Waals surface area contributed by atoms with Gasteiger partial charge in [-0.3, -0.25) is 4.68 Å². The number of rotatable bonds is 6. The molecule has 1 aromatic heterocycles. The highest BCUT2D eigenvalue weighted by Crippen LogP contribution is 2.28. The number of nitrogens with one attached hydrogen (secondary N) is 2. The van der Waals surface area contributed by atoms with E-state index in [4.69, 9.17) is 35.4 Å². The number of ether oxygens (including phenoxy) is 1. The number of aromatic nitrogens is 2. The topological polar surface area (TPSA) is 51.1 Å². The minimum Gasteiger partial charge on any atom is -0.433 e. The van der Waals surface area contributed by atoms with Gasteiger partial charge >= 0.3 is 6.61 Å². The second-order valence-electron chi connectivity index (χ2n) is 6.06. The third-order valence-electron chi connectivity index (χ3n) is 3.87. The third kappa shape index (κ3) is 5.79. The largest absolute Gasteiger partial charge is 0.433 e. The number of nitrogens with zero attached hydrogens (tertiary/aromatic N) is 2. The van der Waals surface area contributed by atoms with Crippen molar-refractivity contribution in [2.24, 2.45) is 0 Å². The van der Waals surface area contributed by atoms with Gasteiger partial charge in [0.2, 0.25) is 0 Å². The zero-order valence-corrected chi connectivity index (χ0v) is 17.5. The van der Waals surface area contributed by atoms with Crippen molar-refractivity contribution < 1.29 is 13.5 Å². The minimum absolute atomic E-state index is 0.00282. The third-order valence-corrected chi connectivity index (χ3v) is 4.78. The lowest BCUT2D eigenvalue weighted by Crippen LogP contribution is -2.20. The van der Waals surface area contributed by atoms with Gasteiger partial charge in [0.05, 0.1) is 12.2 Å². The molecule has 0 spiro atoms. The monoisotopic (exact) mass is 456 g/mol. The number of anilines is 2. The number of hydrogen-bond acceptors (Lipinski definition) is 3. The number of halogens is 4. The van der Waals surface area contributed by atoms with Crippen molar-refractivity contribution in [1.29, 1.82) is 0 Å². The van der Waals surface area contributed by atoms with Crippen LogP contribution in [0.2, 0.25) is 10.0 Å². The van der Waals surface area contributed by atoms with E-state index in [0.717, 1.165) is 11.1 Å². The predicted octanol–water partition coefficient (Wildman–Crippen LogP) is 5.96. The Morgan fingerprint density at radius 3 is 2.59 bits per heavy atom. The molecule has 2 N–H and O–H groups in total. The highest BCUT2D eigenvalue weighted by atomic mass is 35.5. The Balaban J connectivity index is 1.67. The summed E-state index contributed by atoms with van der Waals surface area (Å²) < 4.78 is 31.4. The first-order valence-electron chi connectivity index (χ1n) is 8.41. The van der Waals surface area contributed by atoms with E-state index >= 15 is 0 Å². The van der Waals surface area contributed by atoms with Crippen molar-refractivity contribution in [1.82, 2.24) is 9.78 Å². The molecule has 1 heterocycles. The Morgan fingerprint density at radius 1 is 1.17 bits per heavy atom. The van der Waals surface area contributed by atoms with Crippen LogP contribution < -0.4 is 15.4 Å². The summed E-state index contributed by atoms with van der Waals surface area (Å²) in [6.45, 7) is -0.785. The number of thiocarbonyl (C=S) groups is 1. The number of alkyl halides is 2. The highest BCUT2D eigenvalue weighted by molar-refractivity contribution is 7.80. The van der Waals surface area contributed by atoms with Crippen molar-refractivity contribution in [2.75, 3.05) is 10.6 Å². The summed E-state index contributed by atoms with van der Waals surface area (Å²) in [6.07, 6.45) is 1.74. The molecule has 0 amide bonds. The van der Waals surface area contributed by atoms with Crippen LogP contribution in [0.25, 0.3) is 0 Å². The summed E-state index contributed by atoms with van der Waals surface area (Å²) in [5.41, 5.74) is 1.84.